The second kappa shape index (κ2) is 11.0. The van der Waals surface area contributed by atoms with Crippen LogP contribution in [-0.4, -0.2) is 49.5 Å². The number of nitrogens with zero attached hydrogens (tertiary/aromatic N) is 2. The number of nitrogens with one attached hydrogen (secondary N) is 1. The molecule has 0 spiro atoms. The normalized spacial score (nSPS) is 12.7. The zero-order valence-corrected chi connectivity index (χ0v) is 22.1. The quantitative estimate of drug-likeness (QED) is 0.583. The lowest BCUT2D eigenvalue weighted by Gasteiger charge is -2.34. The fourth-order valence-corrected chi connectivity index (χ4v) is 4.55. The number of amides is 2. The van der Waals surface area contributed by atoms with Gasteiger partial charge in [-0.3, -0.25) is 13.9 Å². The summed E-state index contributed by atoms with van der Waals surface area (Å²) < 4.78 is 26.3. The van der Waals surface area contributed by atoms with Gasteiger partial charge in [0.1, 0.15) is 12.6 Å². The molecule has 0 bridgehead atoms. The van der Waals surface area contributed by atoms with Gasteiger partial charge in [-0.2, -0.15) is 0 Å². The van der Waals surface area contributed by atoms with Crippen LogP contribution in [0.5, 0.6) is 0 Å². The van der Waals surface area contributed by atoms with E-state index in [0.29, 0.717) is 12.1 Å². The van der Waals surface area contributed by atoms with Gasteiger partial charge in [0.25, 0.3) is 0 Å². The van der Waals surface area contributed by atoms with Crippen LogP contribution in [0.3, 0.4) is 0 Å². The van der Waals surface area contributed by atoms with Gasteiger partial charge in [0.15, 0.2) is 0 Å². The lowest BCUT2D eigenvalue weighted by Crippen LogP contribution is -2.55. The van der Waals surface area contributed by atoms with Crippen molar-refractivity contribution in [2.75, 3.05) is 17.1 Å². The average molecular weight is 488 g/mol. The molecule has 0 radical (unpaired) electrons. The lowest BCUT2D eigenvalue weighted by atomic mass is 10.0. The van der Waals surface area contributed by atoms with Gasteiger partial charge >= 0.3 is 0 Å². The topological polar surface area (TPSA) is 86.8 Å². The van der Waals surface area contributed by atoms with E-state index < -0.39 is 34.1 Å². The molecule has 1 N–H and O–H groups in total. The SMILES string of the molecule is CC[C@@H](C(=O)NC(C)(C)C)N(Cc1cccc(C)c1)C(=O)CN(c1ccc(C)cc1)S(C)(=O)=O. The summed E-state index contributed by atoms with van der Waals surface area (Å²) in [6.45, 7) is 11.2. The van der Waals surface area contributed by atoms with Crippen molar-refractivity contribution in [3.63, 3.8) is 0 Å². The van der Waals surface area contributed by atoms with E-state index in [9.17, 15) is 18.0 Å². The first-order valence-electron chi connectivity index (χ1n) is 11.4. The predicted molar refractivity (Wildman–Crippen MR) is 137 cm³/mol. The maximum absolute atomic E-state index is 13.6. The van der Waals surface area contributed by atoms with Gasteiger partial charge in [0.2, 0.25) is 21.8 Å². The molecule has 186 valence electrons. The molecule has 0 saturated carbocycles. The van der Waals surface area contributed by atoms with E-state index in [-0.39, 0.29) is 12.5 Å². The van der Waals surface area contributed by atoms with Crippen LogP contribution in [0.1, 0.15) is 50.8 Å². The Morgan fingerprint density at radius 3 is 2.12 bits per heavy atom. The third-order valence-electron chi connectivity index (χ3n) is 5.32. The number of carbonyl (C=O) groups excluding carboxylic acids is 2. The molecule has 0 aromatic heterocycles. The van der Waals surface area contributed by atoms with Gasteiger partial charge in [-0.05, 0) is 58.7 Å². The zero-order valence-electron chi connectivity index (χ0n) is 21.3. The highest BCUT2D eigenvalue weighted by Gasteiger charge is 2.33. The third kappa shape index (κ3) is 7.87. The number of rotatable bonds is 9. The van der Waals surface area contributed by atoms with Crippen molar-refractivity contribution < 1.29 is 18.0 Å². The van der Waals surface area contributed by atoms with Crippen LogP contribution in [0.4, 0.5) is 5.69 Å². The molecule has 7 nitrogen and oxygen atoms in total. The number of sulfonamides is 1. The molecular formula is C26H37N3O4S. The van der Waals surface area contributed by atoms with E-state index in [4.69, 9.17) is 0 Å². The summed E-state index contributed by atoms with van der Waals surface area (Å²) in [5, 5.41) is 2.96. The van der Waals surface area contributed by atoms with Crippen LogP contribution in [0, 0.1) is 13.8 Å². The highest BCUT2D eigenvalue weighted by Crippen LogP contribution is 2.21. The maximum Gasteiger partial charge on any atom is 0.244 e. The fraction of sp³-hybridized carbons (Fsp3) is 0.462. The molecule has 0 aliphatic carbocycles. The Balaban J connectivity index is 2.45. The lowest BCUT2D eigenvalue weighted by molar-refractivity contribution is -0.141. The van der Waals surface area contributed by atoms with E-state index in [1.165, 1.54) is 4.90 Å². The molecule has 2 rings (SSSR count). The summed E-state index contributed by atoms with van der Waals surface area (Å²) in [6, 6.07) is 13.9. The molecule has 2 amide bonds. The molecule has 2 aromatic carbocycles. The third-order valence-corrected chi connectivity index (χ3v) is 6.46. The Morgan fingerprint density at radius 2 is 1.62 bits per heavy atom. The van der Waals surface area contributed by atoms with E-state index in [1.54, 1.807) is 24.3 Å². The molecule has 0 aliphatic heterocycles. The molecule has 34 heavy (non-hydrogen) atoms. The monoisotopic (exact) mass is 487 g/mol. The van der Waals surface area contributed by atoms with Crippen LogP contribution >= 0.6 is 0 Å². The first-order chi connectivity index (χ1) is 15.7. The standard InChI is InChI=1S/C26H37N3O4S/c1-8-23(25(31)27-26(4,5)6)28(17-21-11-9-10-20(3)16-21)24(30)18-29(34(7,32)33)22-14-12-19(2)13-15-22/h9-16,23H,8,17-18H2,1-7H3,(H,27,31)/t23-/m0/s1. The van der Waals surface area contributed by atoms with Crippen LogP contribution in [0.2, 0.25) is 0 Å². The molecular weight excluding hydrogens is 450 g/mol. The van der Waals surface area contributed by atoms with Crippen molar-refractivity contribution >= 4 is 27.5 Å². The minimum atomic E-state index is -3.74. The van der Waals surface area contributed by atoms with E-state index in [2.05, 4.69) is 5.32 Å². The van der Waals surface area contributed by atoms with E-state index >= 15 is 0 Å². The van der Waals surface area contributed by atoms with Crippen LogP contribution in [0.25, 0.3) is 0 Å². The second-order valence-corrected chi connectivity index (χ2v) is 11.7. The molecule has 1 atom stereocenters. The van der Waals surface area contributed by atoms with Gasteiger partial charge in [-0.15, -0.1) is 0 Å². The molecule has 0 saturated heterocycles. The van der Waals surface area contributed by atoms with Crippen molar-refractivity contribution in [3.8, 4) is 0 Å². The Labute approximate surface area is 204 Å². The van der Waals surface area contributed by atoms with Crippen LogP contribution < -0.4 is 9.62 Å². The van der Waals surface area contributed by atoms with Crippen molar-refractivity contribution in [2.45, 2.75) is 66.1 Å². The molecule has 2 aromatic rings. The van der Waals surface area contributed by atoms with Crippen molar-refractivity contribution in [3.05, 3.63) is 65.2 Å². The number of hydrogen-bond acceptors (Lipinski definition) is 4. The highest BCUT2D eigenvalue weighted by atomic mass is 32.2. The Morgan fingerprint density at radius 1 is 1.00 bits per heavy atom. The zero-order chi connectivity index (χ0) is 25.7. The fourth-order valence-electron chi connectivity index (χ4n) is 3.70. The number of aryl methyl sites for hydroxylation is 2. The number of anilines is 1. The van der Waals surface area contributed by atoms with E-state index in [1.807, 2.05) is 65.8 Å². The van der Waals surface area contributed by atoms with Crippen molar-refractivity contribution in [2.24, 2.45) is 0 Å². The largest absolute Gasteiger partial charge is 0.350 e. The average Bonchev–Trinajstić information content (AvgIpc) is 2.70. The van der Waals surface area contributed by atoms with Crippen molar-refractivity contribution in [1.29, 1.82) is 0 Å². The summed E-state index contributed by atoms with van der Waals surface area (Å²) in [4.78, 5) is 28.3. The minimum Gasteiger partial charge on any atom is -0.350 e. The van der Waals surface area contributed by atoms with Gasteiger partial charge < -0.3 is 10.2 Å². The first kappa shape index (κ1) is 27.4. The van der Waals surface area contributed by atoms with Gasteiger partial charge in [0.05, 0.1) is 11.9 Å². The first-order valence-corrected chi connectivity index (χ1v) is 13.3. The van der Waals surface area contributed by atoms with Gasteiger partial charge in [0, 0.05) is 12.1 Å². The number of benzene rings is 2. The minimum absolute atomic E-state index is 0.197. The van der Waals surface area contributed by atoms with Crippen molar-refractivity contribution in [1.82, 2.24) is 10.2 Å². The number of hydrogen-bond donors (Lipinski definition) is 1. The molecule has 8 heteroatoms. The predicted octanol–water partition coefficient (Wildman–Crippen LogP) is 3.79. The van der Waals surface area contributed by atoms with Crippen LogP contribution in [-0.2, 0) is 26.2 Å². The Hall–Kier alpha value is -2.87. The Kier molecular flexibility index (Phi) is 8.89. The second-order valence-electron chi connectivity index (χ2n) is 9.78. The summed E-state index contributed by atoms with van der Waals surface area (Å²) in [7, 11) is -3.74. The summed E-state index contributed by atoms with van der Waals surface area (Å²) in [5.41, 5.74) is 2.83. The molecule has 0 fully saturated rings. The highest BCUT2D eigenvalue weighted by molar-refractivity contribution is 7.92. The summed E-state index contributed by atoms with van der Waals surface area (Å²) >= 11 is 0. The smallest absolute Gasteiger partial charge is 0.244 e. The van der Waals surface area contributed by atoms with E-state index in [0.717, 1.165) is 27.3 Å². The summed E-state index contributed by atoms with van der Waals surface area (Å²) in [5.74, 6) is -0.708. The molecule has 0 aliphatic rings. The maximum atomic E-state index is 13.6. The van der Waals surface area contributed by atoms with Gasteiger partial charge in [-0.25, -0.2) is 8.42 Å². The summed E-state index contributed by atoms with van der Waals surface area (Å²) in [6.07, 6.45) is 1.47. The number of carbonyl (C=O) groups is 2. The molecule has 0 unspecified atom stereocenters. The van der Waals surface area contributed by atoms with Crippen LogP contribution in [0.15, 0.2) is 48.5 Å². The van der Waals surface area contributed by atoms with Gasteiger partial charge in [-0.1, -0.05) is 54.4 Å². The Bertz CT molecular complexity index is 1110. The molecule has 0 heterocycles.